The van der Waals surface area contributed by atoms with E-state index in [4.69, 9.17) is 0 Å². The van der Waals surface area contributed by atoms with Crippen molar-refractivity contribution < 1.29 is 13.2 Å². The summed E-state index contributed by atoms with van der Waals surface area (Å²) in [7, 11) is 0. The largest absolute Gasteiger partial charge is 0.416 e. The molecule has 0 saturated carbocycles. The van der Waals surface area contributed by atoms with Gasteiger partial charge in [-0.3, -0.25) is 4.98 Å². The molecule has 134 valence electrons. The molecule has 0 radical (unpaired) electrons. The molecule has 0 saturated heterocycles. The second-order valence-electron chi connectivity index (χ2n) is 5.39. The van der Waals surface area contributed by atoms with Gasteiger partial charge in [0, 0.05) is 31.4 Å². The van der Waals surface area contributed by atoms with Crippen molar-refractivity contribution in [3.05, 3.63) is 65.5 Å². The monoisotopic (exact) mass is 350 g/mol. The Morgan fingerprint density at radius 3 is 2.44 bits per heavy atom. The van der Waals surface area contributed by atoms with E-state index in [0.717, 1.165) is 29.8 Å². The summed E-state index contributed by atoms with van der Waals surface area (Å²) in [4.78, 5) is 8.65. The van der Waals surface area contributed by atoms with E-state index in [-0.39, 0.29) is 0 Å². The Kier molecular flexibility index (Phi) is 6.80. The standard InChI is InChI=1S/C18H21F3N4/c1-2-22-17(24-12-10-16-5-3-4-11-23-16)25-13-14-6-8-15(9-7-14)18(19,20)21/h3-9,11H,2,10,12-13H2,1H3,(H2,22,24,25). The lowest BCUT2D eigenvalue weighted by atomic mass is 10.1. The summed E-state index contributed by atoms with van der Waals surface area (Å²) in [6.07, 6.45) is -1.81. The molecule has 1 aromatic carbocycles. The van der Waals surface area contributed by atoms with Crippen LogP contribution in [0.4, 0.5) is 13.2 Å². The van der Waals surface area contributed by atoms with Crippen LogP contribution in [0.2, 0.25) is 0 Å². The highest BCUT2D eigenvalue weighted by Crippen LogP contribution is 2.29. The number of rotatable bonds is 6. The highest BCUT2D eigenvalue weighted by Gasteiger charge is 2.29. The quantitative estimate of drug-likeness (QED) is 0.620. The summed E-state index contributed by atoms with van der Waals surface area (Å²) in [6.45, 7) is 3.61. The van der Waals surface area contributed by atoms with Gasteiger partial charge >= 0.3 is 6.18 Å². The van der Waals surface area contributed by atoms with E-state index in [1.54, 1.807) is 6.20 Å². The first-order valence-corrected chi connectivity index (χ1v) is 8.07. The molecule has 2 aromatic rings. The zero-order valence-corrected chi connectivity index (χ0v) is 14.0. The Morgan fingerprint density at radius 1 is 1.08 bits per heavy atom. The molecule has 7 heteroatoms. The molecule has 0 amide bonds. The van der Waals surface area contributed by atoms with Gasteiger partial charge in [-0.15, -0.1) is 0 Å². The SMILES string of the molecule is CCNC(=NCc1ccc(C(F)(F)F)cc1)NCCc1ccccn1. The number of guanidine groups is 1. The van der Waals surface area contributed by atoms with E-state index in [2.05, 4.69) is 20.6 Å². The normalized spacial score (nSPS) is 12.1. The van der Waals surface area contributed by atoms with Crippen LogP contribution in [0.1, 0.15) is 23.7 Å². The van der Waals surface area contributed by atoms with Crippen molar-refractivity contribution >= 4 is 5.96 Å². The smallest absolute Gasteiger partial charge is 0.357 e. The maximum Gasteiger partial charge on any atom is 0.416 e. The predicted octanol–water partition coefficient (Wildman–Crippen LogP) is 3.40. The number of nitrogens with zero attached hydrogens (tertiary/aromatic N) is 2. The van der Waals surface area contributed by atoms with E-state index in [0.29, 0.717) is 25.6 Å². The van der Waals surface area contributed by atoms with Gasteiger partial charge in [0.15, 0.2) is 5.96 Å². The molecule has 0 atom stereocenters. The molecule has 0 unspecified atom stereocenters. The van der Waals surface area contributed by atoms with Crippen LogP contribution in [-0.4, -0.2) is 24.0 Å². The Balaban J connectivity index is 1.90. The highest BCUT2D eigenvalue weighted by atomic mass is 19.4. The Labute approximate surface area is 145 Å². The lowest BCUT2D eigenvalue weighted by Crippen LogP contribution is -2.38. The van der Waals surface area contributed by atoms with E-state index in [1.807, 2.05) is 25.1 Å². The maximum absolute atomic E-state index is 12.6. The summed E-state index contributed by atoms with van der Waals surface area (Å²) >= 11 is 0. The molecule has 0 aliphatic rings. The second-order valence-corrected chi connectivity index (χ2v) is 5.39. The van der Waals surface area contributed by atoms with Crippen LogP contribution in [0.25, 0.3) is 0 Å². The molecule has 2 N–H and O–H groups in total. The number of pyridine rings is 1. The third-order valence-corrected chi connectivity index (χ3v) is 3.44. The molecule has 0 aliphatic heterocycles. The lowest BCUT2D eigenvalue weighted by molar-refractivity contribution is -0.137. The van der Waals surface area contributed by atoms with Crippen LogP contribution >= 0.6 is 0 Å². The molecular weight excluding hydrogens is 329 g/mol. The summed E-state index contributed by atoms with van der Waals surface area (Å²) in [6, 6.07) is 10.8. The molecule has 1 heterocycles. The van der Waals surface area contributed by atoms with Crippen LogP contribution in [0.3, 0.4) is 0 Å². The van der Waals surface area contributed by atoms with Crippen LogP contribution in [0.15, 0.2) is 53.7 Å². The average Bonchev–Trinajstić information content (AvgIpc) is 2.60. The zero-order valence-electron chi connectivity index (χ0n) is 14.0. The number of hydrogen-bond acceptors (Lipinski definition) is 2. The maximum atomic E-state index is 12.6. The number of nitrogens with one attached hydrogen (secondary N) is 2. The van der Waals surface area contributed by atoms with Crippen LogP contribution in [0.5, 0.6) is 0 Å². The van der Waals surface area contributed by atoms with Crippen LogP contribution < -0.4 is 10.6 Å². The van der Waals surface area contributed by atoms with Gasteiger partial charge in [-0.2, -0.15) is 13.2 Å². The fourth-order valence-electron chi connectivity index (χ4n) is 2.17. The molecule has 0 bridgehead atoms. The fourth-order valence-corrected chi connectivity index (χ4v) is 2.17. The summed E-state index contributed by atoms with van der Waals surface area (Å²) in [5.74, 6) is 0.623. The Morgan fingerprint density at radius 2 is 1.84 bits per heavy atom. The van der Waals surface area contributed by atoms with Gasteiger partial charge < -0.3 is 10.6 Å². The number of aromatic nitrogens is 1. The van der Waals surface area contributed by atoms with E-state index in [9.17, 15) is 13.2 Å². The van der Waals surface area contributed by atoms with Crippen molar-refractivity contribution in [3.63, 3.8) is 0 Å². The third kappa shape index (κ3) is 6.45. The van der Waals surface area contributed by atoms with Gasteiger partial charge in [0.1, 0.15) is 0 Å². The summed E-state index contributed by atoms with van der Waals surface area (Å²) < 4.78 is 37.7. The van der Waals surface area contributed by atoms with Crippen molar-refractivity contribution in [2.75, 3.05) is 13.1 Å². The first-order valence-electron chi connectivity index (χ1n) is 8.07. The van der Waals surface area contributed by atoms with Gasteiger partial charge in [-0.1, -0.05) is 18.2 Å². The van der Waals surface area contributed by atoms with Crippen molar-refractivity contribution in [1.29, 1.82) is 0 Å². The zero-order chi connectivity index (χ0) is 18.1. The van der Waals surface area contributed by atoms with Gasteiger partial charge in [0.2, 0.25) is 0 Å². The Hall–Kier alpha value is -2.57. The molecule has 4 nitrogen and oxygen atoms in total. The van der Waals surface area contributed by atoms with Gasteiger partial charge in [-0.05, 0) is 36.8 Å². The molecule has 2 rings (SSSR count). The second kappa shape index (κ2) is 9.05. The first kappa shape index (κ1) is 18.8. The number of halogens is 3. The molecule has 1 aromatic heterocycles. The van der Waals surface area contributed by atoms with Crippen molar-refractivity contribution in [3.8, 4) is 0 Å². The first-order chi connectivity index (χ1) is 12.0. The van der Waals surface area contributed by atoms with Crippen molar-refractivity contribution in [2.24, 2.45) is 4.99 Å². The summed E-state index contributed by atoms with van der Waals surface area (Å²) in [5.41, 5.74) is 1.05. The topological polar surface area (TPSA) is 49.3 Å². The molecule has 0 fully saturated rings. The minimum atomic E-state index is -4.32. The fraction of sp³-hybridized carbons (Fsp3) is 0.333. The van der Waals surface area contributed by atoms with E-state index >= 15 is 0 Å². The molecular formula is C18H21F3N4. The predicted molar refractivity (Wildman–Crippen MR) is 92.2 cm³/mol. The summed E-state index contributed by atoms with van der Waals surface area (Å²) in [5, 5.41) is 6.31. The van der Waals surface area contributed by atoms with Gasteiger partial charge in [-0.25, -0.2) is 4.99 Å². The minimum absolute atomic E-state index is 0.303. The number of hydrogen-bond donors (Lipinski definition) is 2. The molecule has 0 aliphatic carbocycles. The minimum Gasteiger partial charge on any atom is -0.357 e. The van der Waals surface area contributed by atoms with Crippen molar-refractivity contribution in [2.45, 2.75) is 26.1 Å². The van der Waals surface area contributed by atoms with E-state index < -0.39 is 11.7 Å². The number of alkyl halides is 3. The van der Waals surface area contributed by atoms with Gasteiger partial charge in [0.05, 0.1) is 12.1 Å². The number of benzene rings is 1. The molecule has 25 heavy (non-hydrogen) atoms. The average molecular weight is 350 g/mol. The third-order valence-electron chi connectivity index (χ3n) is 3.44. The Bertz CT molecular complexity index is 667. The van der Waals surface area contributed by atoms with Crippen molar-refractivity contribution in [1.82, 2.24) is 15.6 Å². The van der Waals surface area contributed by atoms with Crippen LogP contribution in [0, 0.1) is 0 Å². The molecule has 0 spiro atoms. The van der Waals surface area contributed by atoms with Crippen LogP contribution in [-0.2, 0) is 19.1 Å². The lowest BCUT2D eigenvalue weighted by Gasteiger charge is -2.11. The number of aliphatic imine (C=N–C) groups is 1. The van der Waals surface area contributed by atoms with Gasteiger partial charge in [0.25, 0.3) is 0 Å². The van der Waals surface area contributed by atoms with E-state index in [1.165, 1.54) is 12.1 Å². The highest BCUT2D eigenvalue weighted by molar-refractivity contribution is 5.79.